The first-order valence-electron chi connectivity index (χ1n) is 9.22. The number of hydrogen-bond donors (Lipinski definition) is 6. The molecule has 4 radical (unpaired) electrons. The molecule has 0 bridgehead atoms. The molecule has 4 saturated heterocycles. The molecule has 4 fully saturated rings. The maximum absolute atomic E-state index is 3.27. The first-order valence-corrected chi connectivity index (χ1v) is 13.0. The van der Waals surface area contributed by atoms with Crippen molar-refractivity contribution in [3.8, 4) is 0 Å². The van der Waals surface area contributed by atoms with E-state index in [-0.39, 0.29) is 71.8 Å². The minimum atomic E-state index is 0. The third kappa shape index (κ3) is 30.7. The molecule has 200 valence electrons. The Morgan fingerprint density at radius 3 is 0.906 bits per heavy atom. The molecule has 12 heteroatoms. The molecule has 0 atom stereocenters. The van der Waals surface area contributed by atoms with Crippen LogP contribution in [0.15, 0.2) is 0 Å². The molecule has 6 nitrogen and oxygen atoms in total. The summed E-state index contributed by atoms with van der Waals surface area (Å²) in [4.78, 5) is 0. The van der Waals surface area contributed by atoms with Crippen LogP contribution in [-0.4, -0.2) is 120 Å². The number of rotatable bonds is 0. The Morgan fingerprint density at radius 1 is 0.406 bits per heavy atom. The molecule has 0 aliphatic carbocycles. The van der Waals surface area contributed by atoms with Gasteiger partial charge >= 0.3 is 233 Å². The van der Waals surface area contributed by atoms with Crippen molar-refractivity contribution in [2.75, 3.05) is 39.3 Å². The molecule has 0 amide bonds. The quantitative estimate of drug-likeness (QED) is 0.122. The minimum absolute atomic E-state index is 0. The second kappa shape index (κ2) is 33.7. The molecule has 0 aromatic rings. The Morgan fingerprint density at radius 2 is 0.750 bits per heavy atom. The van der Waals surface area contributed by atoms with Crippen molar-refractivity contribution in [2.45, 2.75) is 38.5 Å². The van der Waals surface area contributed by atoms with E-state index < -0.39 is 0 Å². The van der Waals surface area contributed by atoms with Crippen LogP contribution >= 0.6 is 0 Å². The van der Waals surface area contributed by atoms with Crippen LogP contribution in [0, 0.1) is 29.7 Å². The maximum atomic E-state index is 3.27. The average Bonchev–Trinajstić information content (AvgIpc) is 3.31. The SMILES string of the molecule is [CH3-].[CH3-].[CH3-].[CH3-].[Pt+2].[Pt+2].[SeH]=C1CCCCN1.[SeH]=C1CCCN1.[SeH]=C1NCCCN1.[SeH]=C1NCCN1. The van der Waals surface area contributed by atoms with Gasteiger partial charge in [0.25, 0.3) is 0 Å². The van der Waals surface area contributed by atoms with Gasteiger partial charge in [0.15, 0.2) is 0 Å². The Balaban J connectivity index is -0.0000000664. The van der Waals surface area contributed by atoms with Gasteiger partial charge in [-0.05, 0) is 0 Å². The van der Waals surface area contributed by atoms with E-state index in [4.69, 9.17) is 0 Å². The monoisotopic (exact) mass is 1080 g/mol. The molecule has 0 unspecified atom stereocenters. The average molecular weight is 1080 g/mol. The Bertz CT molecular complexity index is 411. The van der Waals surface area contributed by atoms with Gasteiger partial charge in [-0.25, -0.2) is 0 Å². The van der Waals surface area contributed by atoms with Crippen LogP contribution in [0.3, 0.4) is 0 Å². The first kappa shape index (κ1) is 47.8. The molecular formula is C20H46N6Pt2Se4. The van der Waals surface area contributed by atoms with Gasteiger partial charge in [0.05, 0.1) is 0 Å². The summed E-state index contributed by atoms with van der Waals surface area (Å²) in [5, 5.41) is 19.0. The number of piperidine rings is 1. The molecule has 4 aliphatic heterocycles. The van der Waals surface area contributed by atoms with Crippen LogP contribution in [0.25, 0.3) is 0 Å². The van der Waals surface area contributed by atoms with E-state index in [1.54, 1.807) is 0 Å². The summed E-state index contributed by atoms with van der Waals surface area (Å²) in [6.07, 6.45) is 7.81. The van der Waals surface area contributed by atoms with E-state index in [0.29, 0.717) is 0 Å². The molecule has 0 aromatic carbocycles. The van der Waals surface area contributed by atoms with Crippen LogP contribution in [0.1, 0.15) is 38.5 Å². The van der Waals surface area contributed by atoms with E-state index in [1.165, 1.54) is 60.7 Å². The Labute approximate surface area is 259 Å². The van der Waals surface area contributed by atoms with Gasteiger partial charge in [-0.2, -0.15) is 0 Å². The zero-order valence-corrected chi connectivity index (χ0v) is 32.0. The fourth-order valence-corrected chi connectivity index (χ4v) is 4.38. The second-order valence-corrected chi connectivity index (χ2v) is 10.2. The van der Waals surface area contributed by atoms with Gasteiger partial charge in [-0.3, -0.25) is 0 Å². The summed E-state index contributed by atoms with van der Waals surface area (Å²) in [5.41, 5.74) is 0. The topological polar surface area (TPSA) is 72.2 Å². The molecule has 32 heavy (non-hydrogen) atoms. The number of hydrogen-bond acceptors (Lipinski definition) is 6. The van der Waals surface area contributed by atoms with Crippen molar-refractivity contribution in [3.05, 3.63) is 29.7 Å². The van der Waals surface area contributed by atoms with E-state index in [2.05, 4.69) is 94.2 Å². The predicted molar refractivity (Wildman–Crippen MR) is 150 cm³/mol. The van der Waals surface area contributed by atoms with Crippen LogP contribution in [0.5, 0.6) is 0 Å². The summed E-state index contributed by atoms with van der Waals surface area (Å²) in [6, 6.07) is 0. The van der Waals surface area contributed by atoms with E-state index in [0.717, 1.165) is 35.5 Å². The van der Waals surface area contributed by atoms with E-state index >= 15 is 0 Å². The summed E-state index contributed by atoms with van der Waals surface area (Å²) in [5.74, 6) is 0. The zero-order valence-electron chi connectivity index (χ0n) is 19.9. The van der Waals surface area contributed by atoms with Crippen molar-refractivity contribution in [1.82, 2.24) is 31.9 Å². The second-order valence-electron chi connectivity index (χ2n) is 6.07. The van der Waals surface area contributed by atoms with Crippen LogP contribution in [0.4, 0.5) is 0 Å². The van der Waals surface area contributed by atoms with Gasteiger partial charge in [0.2, 0.25) is 0 Å². The molecule has 0 aromatic heterocycles. The van der Waals surface area contributed by atoms with Crippen LogP contribution < -0.4 is 31.9 Å². The molecule has 0 spiro atoms. The van der Waals surface area contributed by atoms with E-state index in [1.807, 2.05) is 0 Å². The van der Waals surface area contributed by atoms with E-state index in [9.17, 15) is 0 Å². The van der Waals surface area contributed by atoms with Crippen molar-refractivity contribution in [3.63, 3.8) is 0 Å². The van der Waals surface area contributed by atoms with Gasteiger partial charge in [-0.15, -0.1) is 0 Å². The molecule has 4 aliphatic rings. The molecule has 0 saturated carbocycles. The van der Waals surface area contributed by atoms with Crippen LogP contribution in [-0.2, 0) is 42.1 Å². The van der Waals surface area contributed by atoms with Gasteiger partial charge in [-0.1, -0.05) is 0 Å². The normalized spacial score (nSPS) is 18.2. The summed E-state index contributed by atoms with van der Waals surface area (Å²) < 4.78 is 5.09. The van der Waals surface area contributed by atoms with Crippen molar-refractivity contribution < 1.29 is 42.1 Å². The molecule has 6 N–H and O–H groups in total. The Kier molecular flexibility index (Phi) is 50.4. The van der Waals surface area contributed by atoms with Crippen molar-refractivity contribution >= 4 is 80.7 Å². The van der Waals surface area contributed by atoms with Crippen molar-refractivity contribution in [1.29, 1.82) is 0 Å². The summed E-state index contributed by atoms with van der Waals surface area (Å²) in [6.45, 7) is 6.76. The molecule has 4 heterocycles. The number of nitrogens with one attached hydrogen (secondary N) is 6. The molecule has 4 rings (SSSR count). The Hall–Kier alpha value is 2.69. The third-order valence-corrected chi connectivity index (χ3v) is 6.67. The molecular weight excluding hydrogens is 1030 g/mol. The fourth-order valence-electron chi connectivity index (χ4n) is 2.30. The van der Waals surface area contributed by atoms with Crippen LogP contribution in [0.2, 0.25) is 0 Å². The third-order valence-electron chi connectivity index (χ3n) is 3.74. The van der Waals surface area contributed by atoms with Gasteiger partial charge in [0.1, 0.15) is 0 Å². The van der Waals surface area contributed by atoms with Gasteiger partial charge < -0.3 is 29.7 Å². The first-order chi connectivity index (χ1) is 12.6. The van der Waals surface area contributed by atoms with Gasteiger partial charge in [0, 0.05) is 0 Å². The fraction of sp³-hybridized carbons (Fsp3) is 0.600. The standard InChI is InChI=1S/C5H10NSe.C4H9N2Se.C4H8NSe.C3H7N2Se.4CH3.2Pt/c7-5-3-1-2-4-6-5;7-4-5-2-1-3-6-4;6-4-2-1-3-5-4;6-3-4-1-2-5-3;;;;;;/h6-7H,1-4H2;5-7H,1-3H2;5-6H,1-3H2;4-6H,1-2H2;4*1H3;;/q;;;;4*-1;2*+2. The predicted octanol–water partition coefficient (Wildman–Crippen LogP) is -2.29. The zero-order chi connectivity index (χ0) is 19.0. The summed E-state index contributed by atoms with van der Waals surface area (Å²) in [7, 11) is 0. The van der Waals surface area contributed by atoms with Crippen molar-refractivity contribution in [2.24, 2.45) is 0 Å². The summed E-state index contributed by atoms with van der Waals surface area (Å²) >= 11 is 10.0.